The van der Waals surface area contributed by atoms with Crippen LogP contribution in [-0.4, -0.2) is 56.1 Å². The summed E-state index contributed by atoms with van der Waals surface area (Å²) in [7, 11) is 5.02. The van der Waals surface area contributed by atoms with Crippen LogP contribution in [0.15, 0.2) is 76.2 Å². The minimum atomic E-state index is -0.618. The molecule has 6 rings (SSSR count). The normalized spacial score (nSPS) is 14.8. The van der Waals surface area contributed by atoms with Crippen LogP contribution in [0.5, 0.6) is 5.75 Å². The molecule has 0 spiro atoms. The number of hydrogen-bond donors (Lipinski definition) is 1. The molecule has 4 heterocycles. The van der Waals surface area contributed by atoms with Gasteiger partial charge in [0.15, 0.2) is 11.3 Å². The number of carbonyl (C=O) groups excluding carboxylic acids is 1. The Hall–Kier alpha value is -4.99. The highest BCUT2D eigenvalue weighted by Gasteiger charge is 2.33. The Morgan fingerprint density at radius 3 is 2.59 bits per heavy atom. The number of aromatic nitrogens is 4. The molecule has 1 amide bonds. The maximum atomic E-state index is 13.3. The molecular weight excluding hydrogens is 496 g/mol. The van der Waals surface area contributed by atoms with Crippen LogP contribution >= 0.6 is 0 Å². The molecule has 0 bridgehead atoms. The van der Waals surface area contributed by atoms with Crippen LogP contribution in [0.1, 0.15) is 33.1 Å². The molecule has 10 nitrogen and oxygen atoms in total. The molecule has 10 heteroatoms. The van der Waals surface area contributed by atoms with Crippen molar-refractivity contribution in [3.05, 3.63) is 99.6 Å². The van der Waals surface area contributed by atoms with E-state index in [-0.39, 0.29) is 23.5 Å². The monoisotopic (exact) mass is 522 g/mol. The summed E-state index contributed by atoms with van der Waals surface area (Å²) in [5, 5.41) is 10.8. The zero-order chi connectivity index (χ0) is 27.3. The molecule has 1 atom stereocenters. The van der Waals surface area contributed by atoms with Gasteiger partial charge in [-0.05, 0) is 59.5 Å². The summed E-state index contributed by atoms with van der Waals surface area (Å²) in [6, 6.07) is 16.4. The van der Waals surface area contributed by atoms with E-state index in [9.17, 15) is 14.7 Å². The van der Waals surface area contributed by atoms with Gasteiger partial charge in [-0.25, -0.2) is 9.97 Å². The molecule has 0 aliphatic carbocycles. The second-order valence-corrected chi connectivity index (χ2v) is 9.70. The van der Waals surface area contributed by atoms with Crippen LogP contribution in [0.4, 0.5) is 5.95 Å². The summed E-state index contributed by atoms with van der Waals surface area (Å²) in [6.45, 7) is 0.541. The first-order valence-corrected chi connectivity index (χ1v) is 12.5. The van der Waals surface area contributed by atoms with Crippen LogP contribution in [0.3, 0.4) is 0 Å². The van der Waals surface area contributed by atoms with Gasteiger partial charge in [-0.1, -0.05) is 18.2 Å². The second-order valence-electron chi connectivity index (χ2n) is 9.70. The second kappa shape index (κ2) is 9.39. The van der Waals surface area contributed by atoms with Crippen molar-refractivity contribution in [2.45, 2.75) is 12.5 Å². The molecule has 2 aromatic carbocycles. The number of aromatic hydroxyl groups is 1. The van der Waals surface area contributed by atoms with Crippen molar-refractivity contribution >= 4 is 23.0 Å². The smallest absolute Gasteiger partial charge is 0.297 e. The van der Waals surface area contributed by atoms with Crippen LogP contribution in [0.2, 0.25) is 0 Å². The average Bonchev–Trinajstić information content (AvgIpc) is 3.39. The molecular formula is C29H26N6O4. The van der Waals surface area contributed by atoms with Gasteiger partial charge in [0.05, 0.1) is 6.04 Å². The number of hydrogen-bond acceptors (Lipinski definition) is 8. The highest BCUT2D eigenvalue weighted by atomic mass is 16.4. The molecule has 0 saturated heterocycles. The first-order valence-electron chi connectivity index (χ1n) is 12.5. The number of carbonyl (C=O) groups is 1. The lowest BCUT2D eigenvalue weighted by Crippen LogP contribution is -2.40. The molecule has 196 valence electrons. The molecule has 1 aliphatic rings. The maximum absolute atomic E-state index is 13.3. The zero-order valence-electron chi connectivity index (χ0n) is 21.7. The number of anilines is 1. The van der Waals surface area contributed by atoms with Crippen molar-refractivity contribution in [3.8, 4) is 17.3 Å². The van der Waals surface area contributed by atoms with Gasteiger partial charge in [0.2, 0.25) is 11.7 Å². The number of oxazole rings is 1. The van der Waals surface area contributed by atoms with Crippen LogP contribution < -0.4 is 10.5 Å². The van der Waals surface area contributed by atoms with Gasteiger partial charge in [-0.15, -0.1) is 0 Å². The lowest BCUT2D eigenvalue weighted by molar-refractivity contribution is 0.0827. The van der Waals surface area contributed by atoms with Gasteiger partial charge >= 0.3 is 0 Å². The van der Waals surface area contributed by atoms with Gasteiger partial charge in [0.1, 0.15) is 5.52 Å². The molecule has 0 radical (unpaired) electrons. The number of fused-ring (bicyclic) bond motifs is 2. The SMILES string of the molecule is CN(C)C(=O)c1ccc2c(c1)C(c1ccncc1)N(c1nc(-c3nc4ccccc4o3)c(O)c(=O)n1C)CC2. The van der Waals surface area contributed by atoms with Gasteiger partial charge in [-0.3, -0.25) is 19.1 Å². The summed E-state index contributed by atoms with van der Waals surface area (Å²) in [4.78, 5) is 43.0. The number of amides is 1. The number of rotatable bonds is 4. The van der Waals surface area contributed by atoms with Crippen molar-refractivity contribution in [3.63, 3.8) is 0 Å². The average molecular weight is 523 g/mol. The predicted octanol–water partition coefficient (Wildman–Crippen LogP) is 3.54. The van der Waals surface area contributed by atoms with Gasteiger partial charge in [0, 0.05) is 45.6 Å². The van der Waals surface area contributed by atoms with Crippen molar-refractivity contribution in [2.24, 2.45) is 7.05 Å². The molecule has 1 unspecified atom stereocenters. The number of nitrogens with zero attached hydrogens (tertiary/aromatic N) is 6. The highest BCUT2D eigenvalue weighted by Crippen LogP contribution is 2.39. The van der Waals surface area contributed by atoms with E-state index in [1.807, 2.05) is 47.4 Å². The summed E-state index contributed by atoms with van der Waals surface area (Å²) < 4.78 is 7.18. The largest absolute Gasteiger partial charge is 0.501 e. The van der Waals surface area contributed by atoms with Crippen LogP contribution in [0.25, 0.3) is 22.7 Å². The molecule has 0 saturated carbocycles. The van der Waals surface area contributed by atoms with Gasteiger partial charge in [-0.2, -0.15) is 0 Å². The van der Waals surface area contributed by atoms with E-state index in [0.717, 1.165) is 16.7 Å². The first kappa shape index (κ1) is 24.4. The standard InChI is InChI=1S/C29H26N6O4/c1-33(2)27(37)19-9-8-17-12-15-35(24(20(17)16-19)18-10-13-30-14-11-18)29-32-23(25(36)28(38)34(29)3)26-31-21-6-4-5-7-22(21)39-26/h4-11,13-14,16,24,36H,12,15H2,1-3H3. The van der Waals surface area contributed by atoms with E-state index in [1.54, 1.807) is 50.6 Å². The minimum Gasteiger partial charge on any atom is -0.501 e. The fourth-order valence-corrected chi connectivity index (χ4v) is 5.09. The van der Waals surface area contributed by atoms with E-state index in [1.165, 1.54) is 4.57 Å². The third kappa shape index (κ3) is 4.10. The third-order valence-electron chi connectivity index (χ3n) is 7.05. The molecule has 39 heavy (non-hydrogen) atoms. The van der Waals surface area contributed by atoms with Crippen molar-refractivity contribution in [1.29, 1.82) is 0 Å². The Balaban J connectivity index is 1.54. The van der Waals surface area contributed by atoms with Gasteiger partial charge < -0.3 is 19.3 Å². The molecule has 0 fully saturated rings. The number of para-hydroxylation sites is 2. The van der Waals surface area contributed by atoms with E-state index in [2.05, 4.69) is 9.97 Å². The predicted molar refractivity (Wildman–Crippen MR) is 146 cm³/mol. The molecule has 5 aromatic rings. The Morgan fingerprint density at radius 1 is 1.08 bits per heavy atom. The minimum absolute atomic E-state index is 0.0277. The molecule has 1 aliphatic heterocycles. The lowest BCUT2D eigenvalue weighted by atomic mass is 9.87. The van der Waals surface area contributed by atoms with Crippen molar-refractivity contribution in [1.82, 2.24) is 24.4 Å². The van der Waals surface area contributed by atoms with Gasteiger partial charge in [0.25, 0.3) is 17.4 Å². The van der Waals surface area contributed by atoms with E-state index in [0.29, 0.717) is 35.6 Å². The molecule has 3 aromatic heterocycles. The van der Waals surface area contributed by atoms with Crippen LogP contribution in [-0.2, 0) is 13.5 Å². The van der Waals surface area contributed by atoms with Crippen molar-refractivity contribution < 1.29 is 14.3 Å². The Bertz CT molecular complexity index is 1740. The first-order chi connectivity index (χ1) is 18.8. The Labute approximate surface area is 223 Å². The third-order valence-corrected chi connectivity index (χ3v) is 7.05. The summed E-state index contributed by atoms with van der Waals surface area (Å²) in [5.41, 5.74) is 4.00. The molecule has 1 N–H and O–H groups in total. The number of benzene rings is 2. The summed E-state index contributed by atoms with van der Waals surface area (Å²) in [6.07, 6.45) is 4.09. The van der Waals surface area contributed by atoms with Crippen molar-refractivity contribution in [2.75, 3.05) is 25.5 Å². The van der Waals surface area contributed by atoms with Crippen LogP contribution in [0, 0.1) is 0 Å². The maximum Gasteiger partial charge on any atom is 0.297 e. The lowest BCUT2D eigenvalue weighted by Gasteiger charge is -2.39. The Kier molecular flexibility index (Phi) is 5.86. The fourth-order valence-electron chi connectivity index (χ4n) is 5.09. The van der Waals surface area contributed by atoms with E-state index in [4.69, 9.17) is 9.40 Å². The Morgan fingerprint density at radius 2 is 1.85 bits per heavy atom. The summed E-state index contributed by atoms with van der Waals surface area (Å²) in [5.74, 6) is -0.238. The fraction of sp³-hybridized carbons (Fsp3) is 0.207. The van der Waals surface area contributed by atoms with E-state index < -0.39 is 11.3 Å². The quantitative estimate of drug-likeness (QED) is 0.381. The number of pyridine rings is 1. The highest BCUT2D eigenvalue weighted by molar-refractivity contribution is 5.94. The summed E-state index contributed by atoms with van der Waals surface area (Å²) >= 11 is 0. The van der Waals surface area contributed by atoms with E-state index >= 15 is 0 Å². The topological polar surface area (TPSA) is 118 Å². The zero-order valence-corrected chi connectivity index (χ0v) is 21.7.